The van der Waals surface area contributed by atoms with Gasteiger partial charge in [0.1, 0.15) is 0 Å². The van der Waals surface area contributed by atoms with Crippen molar-refractivity contribution in [2.45, 2.75) is 25.8 Å². The Kier molecular flexibility index (Phi) is 3.15. The van der Waals surface area contributed by atoms with E-state index in [4.69, 9.17) is 4.52 Å². The van der Waals surface area contributed by atoms with Crippen LogP contribution < -0.4 is 4.90 Å². The third kappa shape index (κ3) is 2.42. The van der Waals surface area contributed by atoms with Crippen LogP contribution in [0.15, 0.2) is 28.8 Å². The minimum atomic E-state index is 0.562. The molecule has 0 radical (unpaired) electrons. The summed E-state index contributed by atoms with van der Waals surface area (Å²) in [4.78, 5) is 9.47. The van der Waals surface area contributed by atoms with E-state index < -0.39 is 0 Å². The van der Waals surface area contributed by atoms with Crippen LogP contribution in [0.1, 0.15) is 18.4 Å². The van der Waals surface area contributed by atoms with Crippen LogP contribution in [0, 0.1) is 6.92 Å². The zero-order valence-electron chi connectivity index (χ0n) is 12.3. The Morgan fingerprint density at radius 1 is 1.05 bits per heavy atom. The molecule has 0 amide bonds. The maximum absolute atomic E-state index is 5.47. The van der Waals surface area contributed by atoms with Gasteiger partial charge < -0.3 is 14.3 Å². The van der Waals surface area contributed by atoms with E-state index in [2.05, 4.69) is 39.0 Å². The number of anilines is 1. The zero-order chi connectivity index (χ0) is 14.2. The molecule has 3 aliphatic heterocycles. The summed E-state index contributed by atoms with van der Waals surface area (Å²) in [5, 5.41) is 4.22. The topological polar surface area (TPSA) is 45.4 Å². The lowest BCUT2D eigenvalue weighted by atomic mass is 10.1. The van der Waals surface area contributed by atoms with Gasteiger partial charge in [0.2, 0.25) is 0 Å². The number of benzene rings is 1. The molecule has 5 nitrogen and oxygen atoms in total. The fourth-order valence-electron chi connectivity index (χ4n) is 3.30. The molecule has 1 aromatic heterocycles. The first-order chi connectivity index (χ1) is 10.3. The van der Waals surface area contributed by atoms with Gasteiger partial charge in [0, 0.05) is 37.8 Å². The van der Waals surface area contributed by atoms with Gasteiger partial charge in [-0.1, -0.05) is 17.7 Å². The Hall–Kier alpha value is -1.88. The van der Waals surface area contributed by atoms with E-state index in [1.807, 2.05) is 12.1 Å². The summed E-state index contributed by atoms with van der Waals surface area (Å²) < 4.78 is 5.47. The molecule has 0 saturated carbocycles. The summed E-state index contributed by atoms with van der Waals surface area (Å²) >= 11 is 0. The molecular formula is C16H20N4O. The summed E-state index contributed by atoms with van der Waals surface area (Å²) in [6.07, 6.45) is 2.41. The summed E-state index contributed by atoms with van der Waals surface area (Å²) in [5.41, 5.74) is 2.22. The largest absolute Gasteiger partial charge is 0.334 e. The molecule has 3 saturated heterocycles. The summed E-state index contributed by atoms with van der Waals surface area (Å²) in [6.45, 7) is 6.57. The molecule has 0 spiro atoms. The van der Waals surface area contributed by atoms with E-state index >= 15 is 0 Å². The van der Waals surface area contributed by atoms with Crippen LogP contribution in [0.4, 0.5) is 5.95 Å². The number of nitrogens with zero attached hydrogens (tertiary/aromatic N) is 4. The maximum Gasteiger partial charge on any atom is 0.266 e. The Labute approximate surface area is 124 Å². The molecule has 2 aromatic rings. The van der Waals surface area contributed by atoms with Crippen LogP contribution in [-0.4, -0.2) is 47.3 Å². The third-order valence-corrected chi connectivity index (χ3v) is 4.63. The van der Waals surface area contributed by atoms with E-state index in [1.165, 1.54) is 31.5 Å². The molecule has 2 bridgehead atoms. The molecule has 0 N–H and O–H groups in total. The van der Waals surface area contributed by atoms with Gasteiger partial charge in [-0.2, -0.15) is 4.98 Å². The minimum absolute atomic E-state index is 0.562. The standard InChI is InChI=1S/C16H20N4O/c1-12-2-4-13(5-3-12)15-17-16(18-21-15)20-11-10-19-8-6-14(20)7-9-19/h2-5,14H,6-11H2,1H3. The number of aromatic nitrogens is 2. The minimum Gasteiger partial charge on any atom is -0.334 e. The molecule has 3 fully saturated rings. The number of fused-ring (bicyclic) bond motifs is 4. The van der Waals surface area contributed by atoms with Gasteiger partial charge in [-0.05, 0) is 37.1 Å². The van der Waals surface area contributed by atoms with Crippen molar-refractivity contribution in [1.82, 2.24) is 15.0 Å². The molecular weight excluding hydrogens is 264 g/mol. The second-order valence-electron chi connectivity index (χ2n) is 6.03. The summed E-state index contributed by atoms with van der Waals surface area (Å²) in [6, 6.07) is 8.77. The van der Waals surface area contributed by atoms with Crippen LogP contribution in [0.25, 0.3) is 11.5 Å². The first-order valence-corrected chi connectivity index (χ1v) is 7.69. The number of hydrogen-bond acceptors (Lipinski definition) is 5. The first-order valence-electron chi connectivity index (χ1n) is 7.69. The van der Waals surface area contributed by atoms with Gasteiger partial charge in [0.25, 0.3) is 11.8 Å². The predicted molar refractivity (Wildman–Crippen MR) is 81.3 cm³/mol. The van der Waals surface area contributed by atoms with Crippen molar-refractivity contribution in [2.75, 3.05) is 31.1 Å². The van der Waals surface area contributed by atoms with Gasteiger partial charge in [-0.3, -0.25) is 0 Å². The van der Waals surface area contributed by atoms with E-state index in [0.29, 0.717) is 11.9 Å². The highest BCUT2D eigenvalue weighted by atomic mass is 16.5. The lowest BCUT2D eigenvalue weighted by Crippen LogP contribution is -2.38. The predicted octanol–water partition coefficient (Wildman–Crippen LogP) is 2.33. The Bertz CT molecular complexity index is 613. The molecule has 1 aromatic carbocycles. The van der Waals surface area contributed by atoms with E-state index in [0.717, 1.165) is 24.6 Å². The molecule has 110 valence electrons. The molecule has 4 heterocycles. The lowest BCUT2D eigenvalue weighted by Gasteiger charge is -2.30. The van der Waals surface area contributed by atoms with E-state index in [1.54, 1.807) is 0 Å². The SMILES string of the molecule is Cc1ccc(-c2nc(N3CCN4CCC3CC4)no2)cc1. The molecule has 0 aliphatic carbocycles. The Balaban J connectivity index is 1.60. The van der Waals surface area contributed by atoms with Gasteiger partial charge in [0.15, 0.2) is 0 Å². The number of piperidine rings is 1. The lowest BCUT2D eigenvalue weighted by molar-refractivity contribution is 0.250. The highest BCUT2D eigenvalue weighted by Crippen LogP contribution is 2.27. The van der Waals surface area contributed by atoms with Crippen molar-refractivity contribution in [3.8, 4) is 11.5 Å². The van der Waals surface area contributed by atoms with Gasteiger partial charge in [-0.15, -0.1) is 0 Å². The maximum atomic E-state index is 5.47. The Morgan fingerprint density at radius 2 is 1.81 bits per heavy atom. The molecule has 5 rings (SSSR count). The molecule has 21 heavy (non-hydrogen) atoms. The van der Waals surface area contributed by atoms with Crippen molar-refractivity contribution >= 4 is 5.95 Å². The quantitative estimate of drug-likeness (QED) is 0.847. The van der Waals surface area contributed by atoms with Crippen LogP contribution in [0.3, 0.4) is 0 Å². The van der Waals surface area contributed by atoms with Crippen molar-refractivity contribution < 1.29 is 4.52 Å². The number of hydrogen-bond donors (Lipinski definition) is 0. The highest BCUT2D eigenvalue weighted by molar-refractivity contribution is 5.55. The molecule has 0 atom stereocenters. The zero-order valence-corrected chi connectivity index (χ0v) is 12.3. The number of rotatable bonds is 2. The fourth-order valence-corrected chi connectivity index (χ4v) is 3.30. The van der Waals surface area contributed by atoms with Gasteiger partial charge in [0.05, 0.1) is 0 Å². The smallest absolute Gasteiger partial charge is 0.266 e. The number of aryl methyl sites for hydroxylation is 1. The van der Waals surface area contributed by atoms with Crippen molar-refractivity contribution in [3.05, 3.63) is 29.8 Å². The third-order valence-electron chi connectivity index (χ3n) is 4.63. The molecule has 3 aliphatic rings. The van der Waals surface area contributed by atoms with Crippen LogP contribution in [0.5, 0.6) is 0 Å². The first kappa shape index (κ1) is 12.8. The van der Waals surface area contributed by atoms with Gasteiger partial charge in [-0.25, -0.2) is 0 Å². The average molecular weight is 284 g/mol. The average Bonchev–Trinajstić information content (AvgIpc) is 2.81. The fraction of sp³-hybridized carbons (Fsp3) is 0.500. The van der Waals surface area contributed by atoms with E-state index in [9.17, 15) is 0 Å². The molecule has 0 unspecified atom stereocenters. The van der Waals surface area contributed by atoms with E-state index in [-0.39, 0.29) is 0 Å². The Morgan fingerprint density at radius 3 is 2.57 bits per heavy atom. The highest BCUT2D eigenvalue weighted by Gasteiger charge is 2.31. The van der Waals surface area contributed by atoms with Crippen LogP contribution in [0.2, 0.25) is 0 Å². The monoisotopic (exact) mass is 284 g/mol. The van der Waals surface area contributed by atoms with Crippen molar-refractivity contribution in [1.29, 1.82) is 0 Å². The normalized spacial score (nSPS) is 25.1. The summed E-state index contributed by atoms with van der Waals surface area (Å²) in [5.74, 6) is 1.36. The molecule has 5 heteroatoms. The van der Waals surface area contributed by atoms with Crippen LogP contribution in [-0.2, 0) is 0 Å². The second kappa shape index (κ2) is 5.15. The van der Waals surface area contributed by atoms with Crippen molar-refractivity contribution in [2.24, 2.45) is 0 Å². The van der Waals surface area contributed by atoms with Crippen molar-refractivity contribution in [3.63, 3.8) is 0 Å². The van der Waals surface area contributed by atoms with Gasteiger partial charge >= 0.3 is 0 Å². The van der Waals surface area contributed by atoms with Crippen LogP contribution >= 0.6 is 0 Å². The second-order valence-corrected chi connectivity index (χ2v) is 6.03. The summed E-state index contributed by atoms with van der Waals surface area (Å²) in [7, 11) is 0.